The van der Waals surface area contributed by atoms with Gasteiger partial charge in [-0.3, -0.25) is 9.59 Å². The molecule has 0 fully saturated rings. The molecule has 0 spiro atoms. The fraction of sp³-hybridized carbons (Fsp3) is 0.294. The average molecular weight is 302 g/mol. The van der Waals surface area contributed by atoms with Crippen LogP contribution in [0.25, 0.3) is 0 Å². The van der Waals surface area contributed by atoms with E-state index < -0.39 is 0 Å². The van der Waals surface area contributed by atoms with E-state index in [1.807, 2.05) is 0 Å². The molecule has 2 aromatic rings. The van der Waals surface area contributed by atoms with Crippen molar-refractivity contribution in [2.45, 2.75) is 34.2 Å². The molecule has 1 aromatic heterocycles. The van der Waals surface area contributed by atoms with Crippen molar-refractivity contribution >= 4 is 11.7 Å². The molecular formula is C17H19FN2O2. The average Bonchev–Trinajstić information content (AvgIpc) is 2.75. The van der Waals surface area contributed by atoms with Crippen LogP contribution in [0.15, 0.2) is 18.2 Å². The quantitative estimate of drug-likeness (QED) is 0.852. The van der Waals surface area contributed by atoms with E-state index in [2.05, 4.69) is 10.3 Å². The molecule has 1 heterocycles. The third kappa shape index (κ3) is 3.08. The number of nitrogens with one attached hydrogen (secondary N) is 2. The van der Waals surface area contributed by atoms with Crippen molar-refractivity contribution in [1.82, 2.24) is 10.3 Å². The van der Waals surface area contributed by atoms with Crippen LogP contribution in [-0.4, -0.2) is 16.7 Å². The molecule has 0 radical (unpaired) electrons. The number of aromatic amines is 1. The number of carbonyl (C=O) groups is 2. The summed E-state index contributed by atoms with van der Waals surface area (Å²) in [5, 5.41) is 2.78. The number of hydrogen-bond donors (Lipinski definition) is 2. The number of H-pyrrole nitrogens is 1. The van der Waals surface area contributed by atoms with Crippen LogP contribution in [0.4, 0.5) is 4.39 Å². The minimum atomic E-state index is -0.282. The number of Topliss-reactive ketones (excluding diaryl/α,β-unsaturated/α-hetero) is 1. The molecule has 0 unspecified atom stereocenters. The second-order valence-corrected chi connectivity index (χ2v) is 5.45. The monoisotopic (exact) mass is 302 g/mol. The van der Waals surface area contributed by atoms with Crippen LogP contribution in [0, 0.1) is 26.6 Å². The maximum atomic E-state index is 13.2. The van der Waals surface area contributed by atoms with E-state index in [1.165, 1.54) is 13.0 Å². The fourth-order valence-corrected chi connectivity index (χ4v) is 2.59. The minimum Gasteiger partial charge on any atom is -0.354 e. The Morgan fingerprint density at radius 1 is 1.23 bits per heavy atom. The molecule has 4 nitrogen and oxygen atoms in total. The summed E-state index contributed by atoms with van der Waals surface area (Å²) >= 11 is 0. The molecule has 5 heteroatoms. The van der Waals surface area contributed by atoms with Crippen molar-refractivity contribution in [3.63, 3.8) is 0 Å². The number of carbonyl (C=O) groups excluding carboxylic acids is 2. The summed E-state index contributed by atoms with van der Waals surface area (Å²) in [6.45, 7) is 6.97. The fourth-order valence-electron chi connectivity index (χ4n) is 2.59. The van der Waals surface area contributed by atoms with Gasteiger partial charge in [-0.15, -0.1) is 0 Å². The summed E-state index contributed by atoms with van der Waals surface area (Å²) in [5.41, 5.74) is 3.65. The standard InChI is InChI=1S/C17H19FN2O2/c1-9-7-13(5-6-14(9)18)8-19-17(22)16-10(2)15(12(4)21)11(3)20-16/h5-7,20H,8H2,1-4H3,(H,19,22). The summed E-state index contributed by atoms with van der Waals surface area (Å²) in [7, 11) is 0. The van der Waals surface area contributed by atoms with Crippen LogP contribution in [0.5, 0.6) is 0 Å². The summed E-state index contributed by atoms with van der Waals surface area (Å²) in [5.74, 6) is -0.619. The second-order valence-electron chi connectivity index (χ2n) is 5.45. The lowest BCUT2D eigenvalue weighted by Crippen LogP contribution is -2.24. The Morgan fingerprint density at radius 2 is 1.91 bits per heavy atom. The van der Waals surface area contributed by atoms with Crippen LogP contribution < -0.4 is 5.32 Å². The Morgan fingerprint density at radius 3 is 2.45 bits per heavy atom. The first-order valence-electron chi connectivity index (χ1n) is 7.04. The van der Waals surface area contributed by atoms with Crippen LogP contribution in [-0.2, 0) is 6.54 Å². The van der Waals surface area contributed by atoms with Gasteiger partial charge in [-0.25, -0.2) is 4.39 Å². The number of benzene rings is 1. The van der Waals surface area contributed by atoms with Gasteiger partial charge >= 0.3 is 0 Å². The van der Waals surface area contributed by atoms with Gasteiger partial charge in [-0.2, -0.15) is 0 Å². The maximum absolute atomic E-state index is 13.2. The molecule has 0 saturated carbocycles. The first kappa shape index (κ1) is 15.9. The SMILES string of the molecule is CC(=O)c1c(C)[nH]c(C(=O)NCc2ccc(F)c(C)c2)c1C. The lowest BCUT2D eigenvalue weighted by molar-refractivity contribution is 0.0945. The molecule has 116 valence electrons. The van der Waals surface area contributed by atoms with Gasteiger partial charge in [0.05, 0.1) is 0 Å². The largest absolute Gasteiger partial charge is 0.354 e. The summed E-state index contributed by atoms with van der Waals surface area (Å²) < 4.78 is 13.2. The Bertz CT molecular complexity index is 747. The molecule has 0 aliphatic rings. The molecule has 1 aromatic carbocycles. The highest BCUT2D eigenvalue weighted by Gasteiger charge is 2.19. The zero-order valence-corrected chi connectivity index (χ0v) is 13.1. The zero-order valence-electron chi connectivity index (χ0n) is 13.1. The molecule has 0 aliphatic carbocycles. The Balaban J connectivity index is 2.14. The van der Waals surface area contributed by atoms with Gasteiger partial charge in [-0.05, 0) is 50.5 Å². The molecule has 2 N–H and O–H groups in total. The Kier molecular flexibility index (Phi) is 4.45. The molecule has 1 amide bonds. The van der Waals surface area contributed by atoms with Crippen LogP contribution in [0.3, 0.4) is 0 Å². The normalized spacial score (nSPS) is 10.6. The summed E-state index contributed by atoms with van der Waals surface area (Å²) in [6, 6.07) is 4.72. The highest BCUT2D eigenvalue weighted by atomic mass is 19.1. The maximum Gasteiger partial charge on any atom is 0.268 e. The van der Waals surface area contributed by atoms with Crippen molar-refractivity contribution in [3.8, 4) is 0 Å². The zero-order chi connectivity index (χ0) is 16.4. The van der Waals surface area contributed by atoms with E-state index in [9.17, 15) is 14.0 Å². The van der Waals surface area contributed by atoms with E-state index in [4.69, 9.17) is 0 Å². The number of hydrogen-bond acceptors (Lipinski definition) is 2. The van der Waals surface area contributed by atoms with Crippen molar-refractivity contribution < 1.29 is 14.0 Å². The topological polar surface area (TPSA) is 62.0 Å². The number of halogens is 1. The van der Waals surface area contributed by atoms with E-state index in [0.717, 1.165) is 5.56 Å². The van der Waals surface area contributed by atoms with Gasteiger partial charge < -0.3 is 10.3 Å². The van der Waals surface area contributed by atoms with Gasteiger partial charge in [0.25, 0.3) is 5.91 Å². The lowest BCUT2D eigenvalue weighted by Gasteiger charge is -2.06. The molecule has 0 aliphatic heterocycles. The minimum absolute atomic E-state index is 0.0699. The van der Waals surface area contributed by atoms with E-state index in [-0.39, 0.29) is 17.5 Å². The van der Waals surface area contributed by atoms with Crippen LogP contribution in [0.1, 0.15) is 50.2 Å². The van der Waals surface area contributed by atoms with Crippen molar-refractivity contribution in [3.05, 3.63) is 57.7 Å². The highest BCUT2D eigenvalue weighted by molar-refractivity contribution is 6.02. The summed E-state index contributed by atoms with van der Waals surface area (Å²) in [6.07, 6.45) is 0. The molecule has 0 atom stereocenters. The lowest BCUT2D eigenvalue weighted by atomic mass is 10.1. The smallest absolute Gasteiger partial charge is 0.268 e. The van der Waals surface area contributed by atoms with E-state index in [0.29, 0.717) is 34.6 Å². The first-order chi connectivity index (χ1) is 10.3. The van der Waals surface area contributed by atoms with Crippen molar-refractivity contribution in [2.75, 3.05) is 0 Å². The molecule has 0 saturated heterocycles. The first-order valence-corrected chi connectivity index (χ1v) is 7.04. The van der Waals surface area contributed by atoms with Gasteiger partial charge in [0.2, 0.25) is 0 Å². The highest BCUT2D eigenvalue weighted by Crippen LogP contribution is 2.18. The third-order valence-electron chi connectivity index (χ3n) is 3.69. The van der Waals surface area contributed by atoms with Gasteiger partial charge in [-0.1, -0.05) is 12.1 Å². The van der Waals surface area contributed by atoms with Gasteiger partial charge in [0.15, 0.2) is 5.78 Å². The second kappa shape index (κ2) is 6.13. The van der Waals surface area contributed by atoms with E-state index in [1.54, 1.807) is 32.9 Å². The van der Waals surface area contributed by atoms with Gasteiger partial charge in [0, 0.05) is 17.8 Å². The number of ketones is 1. The molecule has 2 rings (SSSR count). The molecule has 22 heavy (non-hydrogen) atoms. The Labute approximate surface area is 128 Å². The van der Waals surface area contributed by atoms with Crippen molar-refractivity contribution in [2.24, 2.45) is 0 Å². The Hall–Kier alpha value is -2.43. The number of aryl methyl sites for hydroxylation is 2. The third-order valence-corrected chi connectivity index (χ3v) is 3.69. The molecular weight excluding hydrogens is 283 g/mol. The predicted octanol–water partition coefficient (Wildman–Crippen LogP) is 3.21. The predicted molar refractivity (Wildman–Crippen MR) is 82.6 cm³/mol. The summed E-state index contributed by atoms with van der Waals surface area (Å²) in [4.78, 5) is 26.8. The number of aromatic nitrogens is 1. The van der Waals surface area contributed by atoms with Gasteiger partial charge in [0.1, 0.15) is 11.5 Å². The number of rotatable bonds is 4. The van der Waals surface area contributed by atoms with E-state index >= 15 is 0 Å². The molecule has 0 bridgehead atoms. The van der Waals surface area contributed by atoms with Crippen molar-refractivity contribution in [1.29, 1.82) is 0 Å². The van der Waals surface area contributed by atoms with Crippen LogP contribution in [0.2, 0.25) is 0 Å². The van der Waals surface area contributed by atoms with Crippen LogP contribution >= 0.6 is 0 Å². The number of amides is 1.